The third-order valence-corrected chi connectivity index (χ3v) is 3.57. The van der Waals surface area contributed by atoms with Crippen LogP contribution in [0.15, 0.2) is 24.3 Å². The molecule has 1 amide bonds. The van der Waals surface area contributed by atoms with Gasteiger partial charge >= 0.3 is 0 Å². The molecule has 3 nitrogen and oxygen atoms in total. The first-order valence-electron chi connectivity index (χ1n) is 6.79. The first-order chi connectivity index (χ1) is 8.99. The van der Waals surface area contributed by atoms with Crippen molar-refractivity contribution in [1.29, 1.82) is 0 Å². The monoisotopic (exact) mass is 282 g/mol. The Morgan fingerprint density at radius 3 is 2.21 bits per heavy atom. The van der Waals surface area contributed by atoms with Crippen molar-refractivity contribution in [1.82, 2.24) is 10.2 Å². The molecule has 1 N–H and O–H groups in total. The Morgan fingerprint density at radius 2 is 1.74 bits per heavy atom. The maximum absolute atomic E-state index is 12.2. The first kappa shape index (κ1) is 16.0. The van der Waals surface area contributed by atoms with Crippen LogP contribution in [0.3, 0.4) is 0 Å². The fourth-order valence-corrected chi connectivity index (χ4v) is 2.23. The predicted octanol–water partition coefficient (Wildman–Crippen LogP) is 3.25. The van der Waals surface area contributed by atoms with Crippen molar-refractivity contribution in [2.24, 2.45) is 0 Å². The average Bonchev–Trinajstić information content (AvgIpc) is 2.40. The first-order valence-corrected chi connectivity index (χ1v) is 7.17. The molecule has 0 aromatic heterocycles. The van der Waals surface area contributed by atoms with Crippen molar-refractivity contribution in [3.63, 3.8) is 0 Å². The maximum Gasteiger partial charge on any atom is 0.239 e. The molecule has 2 atom stereocenters. The molecule has 0 bridgehead atoms. The number of amides is 1. The Hall–Kier alpha value is -1.06. The van der Waals surface area contributed by atoms with Gasteiger partial charge in [0.2, 0.25) is 5.91 Å². The molecule has 0 aliphatic rings. The second-order valence-electron chi connectivity index (χ2n) is 4.67. The summed E-state index contributed by atoms with van der Waals surface area (Å²) < 4.78 is 0. The largest absolute Gasteiger partial charge is 0.342 e. The van der Waals surface area contributed by atoms with Gasteiger partial charge in [-0.05, 0) is 45.4 Å². The molecule has 0 saturated heterocycles. The summed E-state index contributed by atoms with van der Waals surface area (Å²) in [7, 11) is 0. The normalized spacial score (nSPS) is 13.9. The lowest BCUT2D eigenvalue weighted by Crippen LogP contribution is -2.45. The number of hydrogen-bond donors (Lipinski definition) is 1. The zero-order chi connectivity index (χ0) is 14.4. The average molecular weight is 283 g/mol. The molecule has 1 aromatic carbocycles. The number of halogens is 1. The topological polar surface area (TPSA) is 32.3 Å². The molecule has 1 rings (SSSR count). The van der Waals surface area contributed by atoms with Crippen LogP contribution in [0.4, 0.5) is 0 Å². The number of carbonyl (C=O) groups excluding carboxylic acids is 1. The number of nitrogens with one attached hydrogen (secondary N) is 1. The number of benzene rings is 1. The van der Waals surface area contributed by atoms with Crippen molar-refractivity contribution >= 4 is 17.5 Å². The SMILES string of the molecule is CCN(CC)C(=O)C(C)N[C@@H](C)c1ccc(Cl)cc1. The number of carbonyl (C=O) groups is 1. The van der Waals surface area contributed by atoms with Gasteiger partial charge in [-0.25, -0.2) is 0 Å². The highest BCUT2D eigenvalue weighted by atomic mass is 35.5. The van der Waals surface area contributed by atoms with Gasteiger partial charge in [-0.1, -0.05) is 23.7 Å². The molecule has 1 unspecified atom stereocenters. The molecule has 19 heavy (non-hydrogen) atoms. The second kappa shape index (κ2) is 7.51. The second-order valence-corrected chi connectivity index (χ2v) is 5.11. The van der Waals surface area contributed by atoms with E-state index in [0.717, 1.165) is 23.7 Å². The third kappa shape index (κ3) is 4.51. The molecule has 0 radical (unpaired) electrons. The van der Waals surface area contributed by atoms with E-state index in [4.69, 9.17) is 11.6 Å². The Kier molecular flexibility index (Phi) is 6.32. The standard InChI is InChI=1S/C15H23ClN2O/c1-5-18(6-2)15(19)12(4)17-11(3)13-7-9-14(16)10-8-13/h7-12,17H,5-6H2,1-4H3/t11-,12?/m0/s1. The molecule has 1 aromatic rings. The summed E-state index contributed by atoms with van der Waals surface area (Å²) in [6, 6.07) is 7.62. The van der Waals surface area contributed by atoms with E-state index < -0.39 is 0 Å². The van der Waals surface area contributed by atoms with Crippen LogP contribution in [0.2, 0.25) is 5.02 Å². The van der Waals surface area contributed by atoms with E-state index in [9.17, 15) is 4.79 Å². The maximum atomic E-state index is 12.2. The predicted molar refractivity (Wildman–Crippen MR) is 80.4 cm³/mol. The summed E-state index contributed by atoms with van der Waals surface area (Å²) >= 11 is 5.87. The van der Waals surface area contributed by atoms with Crippen molar-refractivity contribution < 1.29 is 4.79 Å². The van der Waals surface area contributed by atoms with Crippen LogP contribution in [0.25, 0.3) is 0 Å². The van der Waals surface area contributed by atoms with E-state index in [1.807, 2.05) is 49.9 Å². The minimum absolute atomic E-state index is 0.117. The highest BCUT2D eigenvalue weighted by molar-refractivity contribution is 6.30. The number of nitrogens with zero attached hydrogens (tertiary/aromatic N) is 1. The van der Waals surface area contributed by atoms with Crippen molar-refractivity contribution in [2.45, 2.75) is 39.8 Å². The molecule has 106 valence electrons. The highest BCUT2D eigenvalue weighted by Crippen LogP contribution is 2.16. The fraction of sp³-hybridized carbons (Fsp3) is 0.533. The van der Waals surface area contributed by atoms with Gasteiger partial charge < -0.3 is 4.90 Å². The lowest BCUT2D eigenvalue weighted by Gasteiger charge is -2.26. The molecule has 0 aliphatic heterocycles. The van der Waals surface area contributed by atoms with Crippen LogP contribution in [0, 0.1) is 0 Å². The summed E-state index contributed by atoms with van der Waals surface area (Å²) in [6.07, 6.45) is 0. The molecular weight excluding hydrogens is 260 g/mol. The molecule has 0 heterocycles. The van der Waals surface area contributed by atoms with Crippen molar-refractivity contribution in [3.05, 3.63) is 34.9 Å². The van der Waals surface area contributed by atoms with Crippen molar-refractivity contribution in [2.75, 3.05) is 13.1 Å². The number of hydrogen-bond acceptors (Lipinski definition) is 2. The van der Waals surface area contributed by atoms with Gasteiger partial charge in [0, 0.05) is 24.2 Å². The fourth-order valence-electron chi connectivity index (χ4n) is 2.10. The van der Waals surface area contributed by atoms with Gasteiger partial charge in [0.05, 0.1) is 6.04 Å². The van der Waals surface area contributed by atoms with Crippen LogP contribution >= 0.6 is 11.6 Å². The Bertz CT molecular complexity index is 401. The Balaban J connectivity index is 2.63. The van der Waals surface area contributed by atoms with Crippen molar-refractivity contribution in [3.8, 4) is 0 Å². The van der Waals surface area contributed by atoms with Gasteiger partial charge in [0.15, 0.2) is 0 Å². The van der Waals surface area contributed by atoms with E-state index in [1.54, 1.807) is 0 Å². The minimum atomic E-state index is -0.189. The van der Waals surface area contributed by atoms with Gasteiger partial charge in [-0.2, -0.15) is 0 Å². The zero-order valence-electron chi connectivity index (χ0n) is 12.1. The Labute approximate surface area is 120 Å². The Morgan fingerprint density at radius 1 is 1.21 bits per heavy atom. The van der Waals surface area contributed by atoms with E-state index in [2.05, 4.69) is 12.2 Å². The lowest BCUT2D eigenvalue weighted by atomic mass is 10.1. The summed E-state index contributed by atoms with van der Waals surface area (Å²) in [5.74, 6) is 0.144. The van der Waals surface area contributed by atoms with Gasteiger partial charge in [0.1, 0.15) is 0 Å². The van der Waals surface area contributed by atoms with E-state index in [1.165, 1.54) is 0 Å². The lowest BCUT2D eigenvalue weighted by molar-refractivity contribution is -0.132. The number of rotatable bonds is 6. The summed E-state index contributed by atoms with van der Waals surface area (Å²) in [6.45, 7) is 9.45. The van der Waals surface area contributed by atoms with Gasteiger partial charge in [-0.15, -0.1) is 0 Å². The highest BCUT2D eigenvalue weighted by Gasteiger charge is 2.19. The molecule has 4 heteroatoms. The summed E-state index contributed by atoms with van der Waals surface area (Å²) in [5, 5.41) is 4.06. The van der Waals surface area contributed by atoms with Crippen LogP contribution < -0.4 is 5.32 Å². The van der Waals surface area contributed by atoms with Crippen LogP contribution in [-0.2, 0) is 4.79 Å². The van der Waals surface area contributed by atoms with Crippen LogP contribution in [-0.4, -0.2) is 29.9 Å². The molecule has 0 spiro atoms. The van der Waals surface area contributed by atoms with E-state index in [0.29, 0.717) is 0 Å². The van der Waals surface area contributed by atoms with E-state index in [-0.39, 0.29) is 18.0 Å². The number of likely N-dealkylation sites (N-methyl/N-ethyl adjacent to an activating group) is 1. The molecule has 0 aliphatic carbocycles. The van der Waals surface area contributed by atoms with Crippen LogP contribution in [0.1, 0.15) is 39.3 Å². The van der Waals surface area contributed by atoms with Crippen LogP contribution in [0.5, 0.6) is 0 Å². The van der Waals surface area contributed by atoms with Gasteiger partial charge in [-0.3, -0.25) is 10.1 Å². The smallest absolute Gasteiger partial charge is 0.239 e. The minimum Gasteiger partial charge on any atom is -0.342 e. The molecule has 0 fully saturated rings. The molecule has 0 saturated carbocycles. The molecular formula is C15H23ClN2O. The van der Waals surface area contributed by atoms with Gasteiger partial charge in [0.25, 0.3) is 0 Å². The summed E-state index contributed by atoms with van der Waals surface area (Å²) in [4.78, 5) is 14.0. The zero-order valence-corrected chi connectivity index (χ0v) is 12.9. The van der Waals surface area contributed by atoms with E-state index >= 15 is 0 Å². The summed E-state index contributed by atoms with van der Waals surface area (Å²) in [5.41, 5.74) is 1.13. The quantitative estimate of drug-likeness (QED) is 0.869. The third-order valence-electron chi connectivity index (χ3n) is 3.32.